The van der Waals surface area contributed by atoms with E-state index in [2.05, 4.69) is 16.3 Å². The van der Waals surface area contributed by atoms with Crippen molar-refractivity contribution in [3.05, 3.63) is 18.0 Å². The van der Waals surface area contributed by atoms with Crippen LogP contribution in [0.2, 0.25) is 0 Å². The van der Waals surface area contributed by atoms with E-state index in [0.717, 1.165) is 25.3 Å². The summed E-state index contributed by atoms with van der Waals surface area (Å²) in [5, 5.41) is 6.74. The van der Waals surface area contributed by atoms with Crippen molar-refractivity contribution >= 4 is 0 Å². The first-order valence-corrected chi connectivity index (χ1v) is 3.43. The van der Waals surface area contributed by atoms with Gasteiger partial charge in [0.05, 0.1) is 18.9 Å². The summed E-state index contributed by atoms with van der Waals surface area (Å²) in [5.41, 5.74) is 1.02. The molecule has 1 aliphatic rings. The lowest BCUT2D eigenvalue weighted by Gasteiger charge is -2.24. The SMILES string of the molecule is [c]1c[nH]nc1CC1COC1. The smallest absolute Gasteiger partial charge is 0.0706 e. The lowest BCUT2D eigenvalue weighted by atomic mass is 10.0. The number of H-pyrrole nitrogens is 1. The van der Waals surface area contributed by atoms with E-state index in [0.29, 0.717) is 5.92 Å². The van der Waals surface area contributed by atoms with Crippen LogP contribution < -0.4 is 0 Å². The van der Waals surface area contributed by atoms with Gasteiger partial charge in [-0.15, -0.1) is 0 Å². The molecule has 0 saturated carbocycles. The van der Waals surface area contributed by atoms with Gasteiger partial charge in [-0.05, 0) is 6.42 Å². The molecule has 1 N–H and O–H groups in total. The summed E-state index contributed by atoms with van der Waals surface area (Å²) in [5.74, 6) is 0.680. The van der Waals surface area contributed by atoms with E-state index in [-0.39, 0.29) is 0 Å². The van der Waals surface area contributed by atoms with E-state index in [1.807, 2.05) is 0 Å². The molecule has 2 rings (SSSR count). The van der Waals surface area contributed by atoms with Crippen molar-refractivity contribution in [2.24, 2.45) is 5.92 Å². The van der Waals surface area contributed by atoms with Gasteiger partial charge in [0.2, 0.25) is 0 Å². The molecule has 53 valence electrons. The maximum absolute atomic E-state index is 5.03. The Hall–Kier alpha value is -0.830. The molecule has 1 aliphatic heterocycles. The largest absolute Gasteiger partial charge is 0.381 e. The average Bonchev–Trinajstić information content (AvgIpc) is 2.29. The molecule has 0 atom stereocenters. The zero-order valence-corrected chi connectivity index (χ0v) is 5.63. The summed E-state index contributed by atoms with van der Waals surface area (Å²) in [4.78, 5) is 0. The normalized spacial score (nSPS) is 18.8. The van der Waals surface area contributed by atoms with E-state index in [1.54, 1.807) is 6.20 Å². The molecule has 1 saturated heterocycles. The minimum Gasteiger partial charge on any atom is -0.381 e. The van der Waals surface area contributed by atoms with E-state index >= 15 is 0 Å². The fourth-order valence-corrected chi connectivity index (χ4v) is 1.04. The quantitative estimate of drug-likeness (QED) is 0.640. The molecule has 10 heavy (non-hydrogen) atoms. The minimum absolute atomic E-state index is 0.680. The Labute approximate surface area is 59.4 Å². The Morgan fingerprint density at radius 2 is 2.70 bits per heavy atom. The molecule has 0 unspecified atom stereocenters. The first-order chi connectivity index (χ1) is 4.95. The first kappa shape index (κ1) is 5.92. The highest BCUT2D eigenvalue weighted by atomic mass is 16.5. The number of aromatic nitrogens is 2. The number of nitrogens with zero attached hydrogens (tertiary/aromatic N) is 1. The molecule has 1 fully saturated rings. The second-order valence-electron chi connectivity index (χ2n) is 2.58. The van der Waals surface area contributed by atoms with Gasteiger partial charge in [0.1, 0.15) is 0 Å². The van der Waals surface area contributed by atoms with Gasteiger partial charge < -0.3 is 4.74 Å². The summed E-state index contributed by atoms with van der Waals surface area (Å²) in [6.45, 7) is 1.78. The number of hydrogen-bond acceptors (Lipinski definition) is 2. The van der Waals surface area contributed by atoms with E-state index in [9.17, 15) is 0 Å². The zero-order chi connectivity index (χ0) is 6.81. The third kappa shape index (κ3) is 1.04. The van der Waals surface area contributed by atoms with Gasteiger partial charge in [0, 0.05) is 18.2 Å². The molecule has 0 bridgehead atoms. The number of aromatic amines is 1. The molecule has 3 heteroatoms. The predicted molar refractivity (Wildman–Crippen MR) is 35.4 cm³/mol. The molecule has 0 aromatic carbocycles. The van der Waals surface area contributed by atoms with Crippen LogP contribution in [0.25, 0.3) is 0 Å². The third-order valence-electron chi connectivity index (χ3n) is 1.69. The van der Waals surface area contributed by atoms with Crippen molar-refractivity contribution in [3.63, 3.8) is 0 Å². The topological polar surface area (TPSA) is 37.9 Å². The van der Waals surface area contributed by atoms with Crippen molar-refractivity contribution in [1.29, 1.82) is 0 Å². The van der Waals surface area contributed by atoms with Crippen LogP contribution in [0, 0.1) is 12.0 Å². The fraction of sp³-hybridized carbons (Fsp3) is 0.571. The summed E-state index contributed by atoms with van der Waals surface area (Å²) in [7, 11) is 0. The molecule has 1 radical (unpaired) electrons. The van der Waals surface area contributed by atoms with Gasteiger partial charge >= 0.3 is 0 Å². The standard InChI is InChI=1S/C7H9N2O/c1-2-8-9-7(1)3-6-4-10-5-6/h2,6H,3-5H2,(H,8,9). The van der Waals surface area contributed by atoms with Gasteiger partial charge in [-0.25, -0.2) is 0 Å². The summed E-state index contributed by atoms with van der Waals surface area (Å²) in [6.07, 6.45) is 2.73. The Morgan fingerprint density at radius 1 is 1.80 bits per heavy atom. The molecule has 1 aromatic rings. The molecule has 2 heterocycles. The monoisotopic (exact) mass is 137 g/mol. The second-order valence-corrected chi connectivity index (χ2v) is 2.58. The van der Waals surface area contributed by atoms with Crippen LogP contribution in [0.4, 0.5) is 0 Å². The highest BCUT2D eigenvalue weighted by molar-refractivity contribution is 4.97. The van der Waals surface area contributed by atoms with Crippen LogP contribution in [0.3, 0.4) is 0 Å². The van der Waals surface area contributed by atoms with Crippen molar-refractivity contribution < 1.29 is 4.74 Å². The summed E-state index contributed by atoms with van der Waals surface area (Å²) < 4.78 is 5.03. The van der Waals surface area contributed by atoms with Crippen molar-refractivity contribution in [2.75, 3.05) is 13.2 Å². The minimum atomic E-state index is 0.680. The van der Waals surface area contributed by atoms with Crippen LogP contribution >= 0.6 is 0 Å². The van der Waals surface area contributed by atoms with E-state index < -0.39 is 0 Å². The maximum atomic E-state index is 5.03. The van der Waals surface area contributed by atoms with E-state index in [4.69, 9.17) is 4.74 Å². The van der Waals surface area contributed by atoms with E-state index in [1.165, 1.54) is 0 Å². The van der Waals surface area contributed by atoms with Gasteiger partial charge in [-0.1, -0.05) is 0 Å². The number of rotatable bonds is 2. The Kier molecular flexibility index (Phi) is 1.43. The molecule has 1 aromatic heterocycles. The second kappa shape index (κ2) is 2.42. The molecule has 0 aliphatic carbocycles. The summed E-state index contributed by atoms with van der Waals surface area (Å²) in [6, 6.07) is 3.01. The Morgan fingerprint density at radius 3 is 3.20 bits per heavy atom. The molecule has 0 spiro atoms. The number of nitrogens with one attached hydrogen (secondary N) is 1. The van der Waals surface area contributed by atoms with Gasteiger partial charge in [-0.2, -0.15) is 5.10 Å². The van der Waals surface area contributed by atoms with Crippen LogP contribution in [0.5, 0.6) is 0 Å². The lowest BCUT2D eigenvalue weighted by molar-refractivity contribution is -0.0316. The van der Waals surface area contributed by atoms with Gasteiger partial charge in [0.25, 0.3) is 0 Å². The van der Waals surface area contributed by atoms with Crippen LogP contribution in [-0.4, -0.2) is 23.4 Å². The maximum Gasteiger partial charge on any atom is 0.0706 e. The lowest BCUT2D eigenvalue weighted by Crippen LogP contribution is -2.29. The van der Waals surface area contributed by atoms with Crippen molar-refractivity contribution in [2.45, 2.75) is 6.42 Å². The van der Waals surface area contributed by atoms with Gasteiger partial charge in [-0.3, -0.25) is 5.10 Å². The predicted octanol–water partition coefficient (Wildman–Crippen LogP) is 0.399. The zero-order valence-electron chi connectivity index (χ0n) is 5.63. The Balaban J connectivity index is 1.90. The van der Waals surface area contributed by atoms with Crippen molar-refractivity contribution in [1.82, 2.24) is 10.2 Å². The average molecular weight is 137 g/mol. The molecule has 3 nitrogen and oxygen atoms in total. The first-order valence-electron chi connectivity index (χ1n) is 3.43. The van der Waals surface area contributed by atoms with Crippen molar-refractivity contribution in [3.8, 4) is 0 Å². The molecular formula is C7H9N2O. The number of ether oxygens (including phenoxy) is 1. The van der Waals surface area contributed by atoms with Crippen LogP contribution in [0.15, 0.2) is 6.20 Å². The summed E-state index contributed by atoms with van der Waals surface area (Å²) >= 11 is 0. The van der Waals surface area contributed by atoms with Crippen LogP contribution in [0.1, 0.15) is 5.69 Å². The fourth-order valence-electron chi connectivity index (χ4n) is 1.04. The third-order valence-corrected chi connectivity index (χ3v) is 1.69. The molecule has 0 amide bonds. The van der Waals surface area contributed by atoms with Gasteiger partial charge in [0.15, 0.2) is 0 Å². The highest BCUT2D eigenvalue weighted by Gasteiger charge is 2.19. The van der Waals surface area contributed by atoms with Crippen LogP contribution in [-0.2, 0) is 11.2 Å². The highest BCUT2D eigenvalue weighted by Crippen LogP contribution is 2.14. The number of hydrogen-bond donors (Lipinski definition) is 1. The molecular weight excluding hydrogens is 128 g/mol. The Bertz CT molecular complexity index is 191.